The van der Waals surface area contributed by atoms with Gasteiger partial charge in [-0.1, -0.05) is 152 Å². The molecule has 1 aliphatic heterocycles. The highest BCUT2D eigenvalue weighted by Gasteiger charge is 2.37. The second-order valence-corrected chi connectivity index (χ2v) is 29.5. The van der Waals surface area contributed by atoms with E-state index in [1.54, 1.807) is 22.7 Å². The van der Waals surface area contributed by atoms with Crippen molar-refractivity contribution in [1.82, 2.24) is 9.97 Å². The first kappa shape index (κ1) is 61.4. The van der Waals surface area contributed by atoms with E-state index in [1.165, 1.54) is 102 Å². The molecule has 90 heavy (non-hydrogen) atoms. The highest BCUT2D eigenvalue weighted by Crippen LogP contribution is 2.59. The minimum absolute atomic E-state index is 0.722. The number of unbranched alkanes of at least 4 members (excludes halogenated alkanes) is 8. The summed E-state index contributed by atoms with van der Waals surface area (Å²) in [5, 5.41) is 6.48. The lowest BCUT2D eigenvalue weighted by atomic mass is 9.97. The van der Waals surface area contributed by atoms with Crippen LogP contribution >= 0.6 is 68.0 Å². The summed E-state index contributed by atoms with van der Waals surface area (Å²) in [5.41, 5.74) is 12.6. The van der Waals surface area contributed by atoms with Gasteiger partial charge in [0.15, 0.2) is 11.6 Å². The first-order chi connectivity index (χ1) is 44.4. The van der Waals surface area contributed by atoms with Gasteiger partial charge in [-0.3, -0.25) is 9.80 Å². The van der Waals surface area contributed by atoms with E-state index in [2.05, 4.69) is 230 Å². The van der Waals surface area contributed by atoms with Gasteiger partial charge in [0.25, 0.3) is 0 Å². The van der Waals surface area contributed by atoms with E-state index in [4.69, 9.17) is 19.4 Å². The molecule has 0 saturated heterocycles. The summed E-state index contributed by atoms with van der Waals surface area (Å²) in [6.45, 7) is 10.4. The van der Waals surface area contributed by atoms with E-state index in [0.29, 0.717) is 0 Å². The predicted molar refractivity (Wildman–Crippen MR) is 392 cm³/mol. The quantitative estimate of drug-likeness (QED) is 0.0456. The Labute approximate surface area is 555 Å². The second-order valence-electron chi connectivity index (χ2n) is 23.1. The lowest BCUT2D eigenvalue weighted by Gasteiger charge is -2.38. The molecule has 0 unspecified atom stereocenters. The van der Waals surface area contributed by atoms with E-state index >= 15 is 0 Å². The van der Waals surface area contributed by atoms with Crippen molar-refractivity contribution in [3.63, 3.8) is 0 Å². The molecule has 0 fully saturated rings. The summed E-state index contributed by atoms with van der Waals surface area (Å²) in [6.07, 6.45) is 16.7. The Morgan fingerprint density at radius 3 is 1.08 bits per heavy atom. The molecule has 0 bridgehead atoms. The number of thiophene rings is 6. The average molecular weight is 1290 g/mol. The van der Waals surface area contributed by atoms with Crippen LogP contribution in [0.4, 0.5) is 33.0 Å². The zero-order chi connectivity index (χ0) is 61.2. The molecule has 0 radical (unpaired) electrons. The van der Waals surface area contributed by atoms with Crippen LogP contribution in [0.25, 0.3) is 85.2 Å². The third kappa shape index (κ3) is 13.8. The predicted octanol–water partition coefficient (Wildman–Crippen LogP) is 26.0. The van der Waals surface area contributed by atoms with E-state index in [0.717, 1.165) is 141 Å². The molecule has 0 aliphatic carbocycles. The van der Waals surface area contributed by atoms with Crippen molar-refractivity contribution in [2.75, 3.05) is 23.0 Å². The van der Waals surface area contributed by atoms with Crippen molar-refractivity contribution >= 4 is 101 Å². The maximum atomic E-state index is 6.05. The van der Waals surface area contributed by atoms with E-state index in [9.17, 15) is 0 Å². The van der Waals surface area contributed by atoms with Crippen LogP contribution in [0.5, 0.6) is 11.5 Å². The standard InChI is InChI=1S/C78H76N4O2S6/c1-5-9-13-15-19-61-39-41-69(87-61)71-45-43-67(89-71)63-51-65-66(52-64(63)68-44-46-72(90-68)70-42-40-62(88-70)20-16-14-10-6-2)82(74-22-18-50-86-74)78-77(81(65)73-21-17-49-85-73)79-75(57-27-23-53(24-28-57)55-31-35-59(36-32-55)83-47-11-7-3)76(80-78)58-29-25-54(26-30-58)56-33-37-60(38-34-56)84-48-12-8-4/h17-18,21-46,49-52H,5-16,19-20,47-48H2,1-4H3. The number of aromatic nitrogens is 2. The molecule has 5 aromatic carbocycles. The number of hydrogen-bond acceptors (Lipinski definition) is 12. The monoisotopic (exact) mass is 1290 g/mol. The average Bonchev–Trinajstić information content (AvgIpc) is 1.05. The van der Waals surface area contributed by atoms with Gasteiger partial charge in [0.2, 0.25) is 0 Å². The molecule has 0 spiro atoms. The first-order valence-corrected chi connectivity index (χ1v) is 37.3. The first-order valence-electron chi connectivity index (χ1n) is 32.3. The molecular formula is C78H76N4O2S6. The lowest BCUT2D eigenvalue weighted by molar-refractivity contribution is 0.309. The maximum Gasteiger partial charge on any atom is 0.183 e. The Morgan fingerprint density at radius 1 is 0.344 bits per heavy atom. The molecule has 0 atom stereocenters. The minimum atomic E-state index is 0.722. The highest BCUT2D eigenvalue weighted by atomic mass is 32.1. The van der Waals surface area contributed by atoms with Gasteiger partial charge in [-0.15, -0.1) is 68.0 Å². The minimum Gasteiger partial charge on any atom is -0.494 e. The number of benzene rings is 5. The largest absolute Gasteiger partial charge is 0.494 e. The third-order valence-electron chi connectivity index (χ3n) is 16.7. The van der Waals surface area contributed by atoms with Crippen molar-refractivity contribution < 1.29 is 9.47 Å². The number of hydrogen-bond donors (Lipinski definition) is 0. The molecule has 12 heteroatoms. The molecule has 6 nitrogen and oxygen atoms in total. The molecule has 13 rings (SSSR count). The smallest absolute Gasteiger partial charge is 0.183 e. The second kappa shape index (κ2) is 29.2. The van der Waals surface area contributed by atoms with Crippen LogP contribution in [0.3, 0.4) is 0 Å². The van der Waals surface area contributed by atoms with Crippen LogP contribution < -0.4 is 19.3 Å². The summed E-state index contributed by atoms with van der Waals surface area (Å²) in [4.78, 5) is 27.4. The van der Waals surface area contributed by atoms with Gasteiger partial charge in [-0.2, -0.15) is 0 Å². The molecule has 8 heterocycles. The number of ether oxygens (including phenoxy) is 2. The Balaban J connectivity index is 0.963. The van der Waals surface area contributed by atoms with E-state index in [1.807, 2.05) is 45.3 Å². The van der Waals surface area contributed by atoms with Crippen molar-refractivity contribution in [3.05, 3.63) is 203 Å². The fraction of sp³-hybridized carbons (Fsp3) is 0.256. The van der Waals surface area contributed by atoms with E-state index in [-0.39, 0.29) is 0 Å². The van der Waals surface area contributed by atoms with E-state index < -0.39 is 0 Å². The SMILES string of the molecule is CCCCCCc1ccc(-c2ccc(-c3cc4c(cc3-c3ccc(-c5ccc(CCCCCC)s5)s3)N(c3cccs3)c3nc(-c5ccc(-c6ccc(OCCCC)cc6)cc5)c(-c5ccc(-c6ccc(OCCCC)cc6)cc5)nc3N4c3cccs3)s2)s1. The lowest BCUT2D eigenvalue weighted by Crippen LogP contribution is -2.26. The molecule has 456 valence electrons. The molecular weight excluding hydrogens is 1220 g/mol. The Bertz CT molecular complexity index is 3980. The normalized spacial score (nSPS) is 12.0. The Kier molecular flexibility index (Phi) is 20.0. The third-order valence-corrected chi connectivity index (χ3v) is 23.3. The summed E-state index contributed by atoms with van der Waals surface area (Å²) < 4.78 is 12.1. The molecule has 12 aromatic rings. The molecule has 1 aliphatic rings. The number of fused-ring (bicyclic) bond motifs is 2. The summed E-state index contributed by atoms with van der Waals surface area (Å²) >= 11 is 11.2. The summed E-state index contributed by atoms with van der Waals surface area (Å²) in [6, 6.07) is 67.2. The number of aryl methyl sites for hydroxylation is 2. The van der Waals surface area contributed by atoms with Gasteiger partial charge in [0, 0.05) is 61.3 Å². The van der Waals surface area contributed by atoms with Gasteiger partial charge < -0.3 is 9.47 Å². The van der Waals surface area contributed by atoms with Gasteiger partial charge in [-0.25, -0.2) is 9.97 Å². The molecule has 0 amide bonds. The molecule has 0 N–H and O–H groups in total. The summed E-state index contributed by atoms with van der Waals surface area (Å²) in [5.74, 6) is 3.34. The topological polar surface area (TPSA) is 50.7 Å². The molecule has 7 aromatic heterocycles. The van der Waals surface area contributed by atoms with Crippen LogP contribution in [0.1, 0.15) is 114 Å². The fourth-order valence-corrected chi connectivity index (χ4v) is 17.5. The number of anilines is 6. The van der Waals surface area contributed by atoms with Gasteiger partial charge in [0.05, 0.1) is 36.0 Å². The van der Waals surface area contributed by atoms with Crippen molar-refractivity contribution in [2.24, 2.45) is 0 Å². The van der Waals surface area contributed by atoms with Crippen molar-refractivity contribution in [1.29, 1.82) is 0 Å². The van der Waals surface area contributed by atoms with Crippen molar-refractivity contribution in [2.45, 2.75) is 118 Å². The van der Waals surface area contributed by atoms with Gasteiger partial charge in [-0.05, 0) is 181 Å². The Hall–Kier alpha value is -7.42. The number of nitrogens with zero attached hydrogens (tertiary/aromatic N) is 4. The van der Waals surface area contributed by atoms with Crippen LogP contribution in [0.15, 0.2) is 193 Å². The van der Waals surface area contributed by atoms with Crippen LogP contribution in [0.2, 0.25) is 0 Å². The van der Waals surface area contributed by atoms with Crippen LogP contribution in [-0.4, -0.2) is 23.2 Å². The van der Waals surface area contributed by atoms with Crippen LogP contribution in [-0.2, 0) is 12.8 Å². The molecule has 0 saturated carbocycles. The summed E-state index contributed by atoms with van der Waals surface area (Å²) in [7, 11) is 0. The van der Waals surface area contributed by atoms with Gasteiger partial charge in [0.1, 0.15) is 21.5 Å². The Morgan fingerprint density at radius 2 is 0.700 bits per heavy atom. The maximum absolute atomic E-state index is 6.05. The van der Waals surface area contributed by atoms with Crippen LogP contribution in [0, 0.1) is 0 Å². The highest BCUT2D eigenvalue weighted by molar-refractivity contribution is 7.25. The zero-order valence-corrected chi connectivity index (χ0v) is 56.7. The number of rotatable bonds is 28. The zero-order valence-electron chi connectivity index (χ0n) is 51.8. The van der Waals surface area contributed by atoms with Gasteiger partial charge >= 0.3 is 0 Å². The van der Waals surface area contributed by atoms with Crippen molar-refractivity contribution in [3.8, 4) is 96.7 Å². The fourth-order valence-electron chi connectivity index (χ4n) is 11.7.